The summed E-state index contributed by atoms with van der Waals surface area (Å²) in [6.45, 7) is 3.60. The lowest BCUT2D eigenvalue weighted by molar-refractivity contribution is 0.456. The molecule has 0 bridgehead atoms. The van der Waals surface area contributed by atoms with Crippen LogP contribution in [-0.4, -0.2) is 35.0 Å². The minimum atomic E-state index is -3.62. The standard InChI is InChI=1S/C12H18N6O2S/c1-8-4-10(16-13)5-9(2)12(8)21(19,20)18(3)6-11-14-7-15-17-11/h4-5,7,16H,6,13H2,1-3H3,(H,14,15,17). The summed E-state index contributed by atoms with van der Waals surface area (Å²) in [4.78, 5) is 4.22. The molecule has 0 aliphatic carbocycles. The predicted molar refractivity (Wildman–Crippen MR) is 78.8 cm³/mol. The number of hydrogen-bond acceptors (Lipinski definition) is 6. The topological polar surface area (TPSA) is 117 Å². The molecule has 0 fully saturated rings. The second-order valence-corrected chi connectivity index (χ2v) is 6.76. The summed E-state index contributed by atoms with van der Waals surface area (Å²) in [7, 11) is -2.12. The van der Waals surface area contributed by atoms with Gasteiger partial charge < -0.3 is 5.43 Å². The van der Waals surface area contributed by atoms with Gasteiger partial charge in [-0.2, -0.15) is 9.40 Å². The van der Waals surface area contributed by atoms with Crippen LogP contribution in [0.3, 0.4) is 0 Å². The fourth-order valence-electron chi connectivity index (χ4n) is 2.20. The van der Waals surface area contributed by atoms with Gasteiger partial charge in [0.25, 0.3) is 0 Å². The number of aromatic amines is 1. The number of rotatable bonds is 5. The van der Waals surface area contributed by atoms with Gasteiger partial charge in [-0.3, -0.25) is 10.9 Å². The van der Waals surface area contributed by atoms with Gasteiger partial charge in [-0.05, 0) is 37.1 Å². The molecule has 0 atom stereocenters. The Bertz CT molecular complexity index is 703. The van der Waals surface area contributed by atoms with E-state index in [4.69, 9.17) is 5.84 Å². The van der Waals surface area contributed by atoms with Crippen molar-refractivity contribution in [3.05, 3.63) is 35.4 Å². The van der Waals surface area contributed by atoms with Crippen molar-refractivity contribution in [3.63, 3.8) is 0 Å². The minimum absolute atomic E-state index is 0.123. The predicted octanol–water partition coefficient (Wildman–Crippen LogP) is 0.528. The maximum absolute atomic E-state index is 12.7. The number of aromatic nitrogens is 3. The summed E-state index contributed by atoms with van der Waals surface area (Å²) in [5, 5.41) is 6.35. The van der Waals surface area contributed by atoms with Gasteiger partial charge in [-0.25, -0.2) is 13.4 Å². The summed E-state index contributed by atoms with van der Waals surface area (Å²) in [5.74, 6) is 5.85. The fourth-order valence-corrected chi connectivity index (χ4v) is 3.73. The zero-order valence-corrected chi connectivity index (χ0v) is 12.9. The van der Waals surface area contributed by atoms with Gasteiger partial charge in [0.15, 0.2) is 0 Å². The molecular formula is C12H18N6O2S. The monoisotopic (exact) mass is 310 g/mol. The van der Waals surface area contributed by atoms with Gasteiger partial charge in [0, 0.05) is 12.7 Å². The number of nitrogens with two attached hydrogens (primary N) is 1. The molecule has 1 aromatic carbocycles. The zero-order valence-electron chi connectivity index (χ0n) is 12.1. The lowest BCUT2D eigenvalue weighted by atomic mass is 10.1. The maximum Gasteiger partial charge on any atom is 0.243 e. The number of aryl methyl sites for hydroxylation is 2. The molecule has 114 valence electrons. The SMILES string of the molecule is Cc1cc(NN)cc(C)c1S(=O)(=O)N(C)Cc1ncn[nH]1. The highest BCUT2D eigenvalue weighted by Crippen LogP contribution is 2.26. The maximum atomic E-state index is 12.7. The molecule has 0 saturated heterocycles. The van der Waals surface area contributed by atoms with Gasteiger partial charge in [0.2, 0.25) is 10.0 Å². The summed E-state index contributed by atoms with van der Waals surface area (Å²) in [6, 6.07) is 3.39. The summed E-state index contributed by atoms with van der Waals surface area (Å²) in [6.07, 6.45) is 1.34. The number of hydrazine groups is 1. The molecule has 0 radical (unpaired) electrons. The van der Waals surface area contributed by atoms with Crippen molar-refractivity contribution in [3.8, 4) is 0 Å². The van der Waals surface area contributed by atoms with Crippen LogP contribution in [0.1, 0.15) is 17.0 Å². The molecule has 1 aromatic heterocycles. The third-order valence-electron chi connectivity index (χ3n) is 3.13. The number of nitrogen functional groups attached to an aromatic ring is 1. The van der Waals surface area contributed by atoms with Gasteiger partial charge in [-0.1, -0.05) is 0 Å². The highest BCUT2D eigenvalue weighted by atomic mass is 32.2. The van der Waals surface area contributed by atoms with Crippen molar-refractivity contribution in [2.24, 2.45) is 5.84 Å². The molecule has 0 saturated carbocycles. The van der Waals surface area contributed by atoms with Crippen LogP contribution in [0.2, 0.25) is 0 Å². The van der Waals surface area contributed by atoms with Crippen molar-refractivity contribution in [1.82, 2.24) is 19.5 Å². The Hall–Kier alpha value is -1.97. The Morgan fingerprint density at radius 1 is 1.33 bits per heavy atom. The Morgan fingerprint density at radius 3 is 2.43 bits per heavy atom. The van der Waals surface area contributed by atoms with E-state index in [0.29, 0.717) is 22.6 Å². The molecule has 4 N–H and O–H groups in total. The quantitative estimate of drug-likeness (QED) is 0.548. The molecule has 9 heteroatoms. The van der Waals surface area contributed by atoms with Crippen LogP contribution < -0.4 is 11.3 Å². The van der Waals surface area contributed by atoms with Crippen LogP contribution in [0.25, 0.3) is 0 Å². The second-order valence-electron chi connectivity index (χ2n) is 4.78. The number of anilines is 1. The average molecular weight is 310 g/mol. The smallest absolute Gasteiger partial charge is 0.243 e. The van der Waals surface area contributed by atoms with Gasteiger partial charge in [0.1, 0.15) is 12.2 Å². The normalized spacial score (nSPS) is 11.9. The lowest BCUT2D eigenvalue weighted by Crippen LogP contribution is -2.28. The zero-order chi connectivity index (χ0) is 15.6. The van der Waals surface area contributed by atoms with E-state index in [0.717, 1.165) is 0 Å². The lowest BCUT2D eigenvalue weighted by Gasteiger charge is -2.19. The van der Waals surface area contributed by atoms with Crippen LogP contribution in [0.4, 0.5) is 5.69 Å². The molecular weight excluding hydrogens is 292 g/mol. The Morgan fingerprint density at radius 2 is 1.95 bits per heavy atom. The minimum Gasteiger partial charge on any atom is -0.324 e. The number of nitrogens with zero attached hydrogens (tertiary/aromatic N) is 3. The third-order valence-corrected chi connectivity index (χ3v) is 5.24. The first kappa shape index (κ1) is 15.4. The third kappa shape index (κ3) is 3.04. The van der Waals surface area contributed by atoms with E-state index >= 15 is 0 Å². The Kier molecular flexibility index (Phi) is 4.26. The first-order valence-electron chi connectivity index (χ1n) is 6.24. The van der Waals surface area contributed by atoms with Crippen molar-refractivity contribution in [2.75, 3.05) is 12.5 Å². The first-order valence-corrected chi connectivity index (χ1v) is 7.68. The van der Waals surface area contributed by atoms with Crippen LogP contribution in [0, 0.1) is 13.8 Å². The van der Waals surface area contributed by atoms with Crippen molar-refractivity contribution in [2.45, 2.75) is 25.3 Å². The van der Waals surface area contributed by atoms with E-state index in [1.807, 2.05) is 0 Å². The largest absolute Gasteiger partial charge is 0.324 e. The van der Waals surface area contributed by atoms with Crippen LogP contribution in [-0.2, 0) is 16.6 Å². The van der Waals surface area contributed by atoms with E-state index in [1.165, 1.54) is 17.7 Å². The van der Waals surface area contributed by atoms with Crippen molar-refractivity contribution < 1.29 is 8.42 Å². The molecule has 8 nitrogen and oxygen atoms in total. The van der Waals surface area contributed by atoms with E-state index in [9.17, 15) is 8.42 Å². The highest BCUT2D eigenvalue weighted by Gasteiger charge is 2.25. The number of H-pyrrole nitrogens is 1. The number of sulfonamides is 1. The van der Waals surface area contributed by atoms with E-state index < -0.39 is 10.0 Å². The van der Waals surface area contributed by atoms with E-state index in [-0.39, 0.29) is 11.4 Å². The summed E-state index contributed by atoms with van der Waals surface area (Å²) in [5.41, 5.74) is 4.45. The molecule has 0 spiro atoms. The highest BCUT2D eigenvalue weighted by molar-refractivity contribution is 7.89. The van der Waals surface area contributed by atoms with Gasteiger partial charge >= 0.3 is 0 Å². The summed E-state index contributed by atoms with van der Waals surface area (Å²) >= 11 is 0. The average Bonchev–Trinajstić information content (AvgIpc) is 2.90. The van der Waals surface area contributed by atoms with Crippen molar-refractivity contribution in [1.29, 1.82) is 0 Å². The molecule has 0 aliphatic heterocycles. The molecule has 0 unspecified atom stereocenters. The van der Waals surface area contributed by atoms with Crippen molar-refractivity contribution >= 4 is 15.7 Å². The molecule has 2 aromatic rings. The van der Waals surface area contributed by atoms with Gasteiger partial charge in [-0.15, -0.1) is 0 Å². The molecule has 2 rings (SSSR count). The fraction of sp³-hybridized carbons (Fsp3) is 0.333. The molecule has 1 heterocycles. The second kappa shape index (κ2) is 5.80. The van der Waals surface area contributed by atoms with E-state index in [1.54, 1.807) is 26.0 Å². The van der Waals surface area contributed by atoms with Crippen LogP contribution in [0.5, 0.6) is 0 Å². The number of benzene rings is 1. The molecule has 0 amide bonds. The summed E-state index contributed by atoms with van der Waals surface area (Å²) < 4.78 is 26.7. The van der Waals surface area contributed by atoms with Crippen LogP contribution >= 0.6 is 0 Å². The molecule has 0 aliphatic rings. The van der Waals surface area contributed by atoms with Crippen LogP contribution in [0.15, 0.2) is 23.4 Å². The number of nitrogens with one attached hydrogen (secondary N) is 2. The number of hydrogen-bond donors (Lipinski definition) is 3. The first-order chi connectivity index (χ1) is 9.86. The van der Waals surface area contributed by atoms with E-state index in [2.05, 4.69) is 20.6 Å². The Balaban J connectivity index is 2.39. The molecule has 21 heavy (non-hydrogen) atoms. The Labute approximate surface area is 123 Å². The van der Waals surface area contributed by atoms with Gasteiger partial charge in [0.05, 0.1) is 11.4 Å².